The van der Waals surface area contributed by atoms with Crippen molar-refractivity contribution in [2.24, 2.45) is 0 Å². The van der Waals surface area contributed by atoms with Gasteiger partial charge in [-0.25, -0.2) is 0 Å². The Kier molecular flexibility index (Phi) is 3.42. The number of hydrogen-bond acceptors (Lipinski definition) is 4. The lowest BCUT2D eigenvalue weighted by Gasteiger charge is -2.32. The van der Waals surface area contributed by atoms with Gasteiger partial charge in [0.15, 0.2) is 11.5 Å². The minimum Gasteiger partial charge on any atom is -0.493 e. The minimum absolute atomic E-state index is 0.357. The molecule has 1 saturated heterocycles. The molecular weight excluding hydrogens is 281 g/mol. The van der Waals surface area contributed by atoms with Crippen LogP contribution in [-0.2, 0) is 9.31 Å². The molecule has 2 heterocycles. The van der Waals surface area contributed by atoms with Crippen LogP contribution in [0.25, 0.3) is 10.9 Å². The van der Waals surface area contributed by atoms with Crippen molar-refractivity contribution in [1.29, 1.82) is 0 Å². The molecule has 1 fully saturated rings. The first-order valence-electron chi connectivity index (χ1n) is 7.38. The maximum absolute atomic E-state index is 6.08. The average molecular weight is 303 g/mol. The summed E-state index contributed by atoms with van der Waals surface area (Å²) in [5.74, 6) is 1.40. The number of hydrogen-bond donors (Lipinski definition) is 1. The zero-order chi connectivity index (χ0) is 16.1. The first kappa shape index (κ1) is 15.2. The zero-order valence-electron chi connectivity index (χ0n) is 13.9. The first-order chi connectivity index (χ1) is 10.3. The van der Waals surface area contributed by atoms with Crippen LogP contribution in [0.5, 0.6) is 11.5 Å². The van der Waals surface area contributed by atoms with Gasteiger partial charge in [-0.05, 0) is 39.8 Å². The standard InChI is InChI=1S/C16H22BNO4/c1-15(2)16(3,4)22-17(21-15)14-8-10-7-12(19-5)13(20-6)9-11(10)18-14/h7-9,18H,1-6H3. The molecule has 6 heteroatoms. The topological polar surface area (TPSA) is 52.7 Å². The van der Waals surface area contributed by atoms with Crippen molar-refractivity contribution < 1.29 is 18.8 Å². The van der Waals surface area contributed by atoms with E-state index in [2.05, 4.69) is 4.98 Å². The van der Waals surface area contributed by atoms with Crippen LogP contribution in [0, 0.1) is 0 Å². The van der Waals surface area contributed by atoms with E-state index in [-0.39, 0.29) is 11.2 Å². The van der Waals surface area contributed by atoms with Crippen molar-refractivity contribution in [3.05, 3.63) is 18.2 Å². The fourth-order valence-electron chi connectivity index (χ4n) is 2.58. The third-order valence-corrected chi connectivity index (χ3v) is 4.65. The molecule has 2 aromatic rings. The van der Waals surface area contributed by atoms with E-state index in [1.165, 1.54) is 0 Å². The number of nitrogens with one attached hydrogen (secondary N) is 1. The van der Waals surface area contributed by atoms with Gasteiger partial charge in [0.05, 0.1) is 25.4 Å². The van der Waals surface area contributed by atoms with E-state index in [0.29, 0.717) is 11.5 Å². The molecule has 1 aliphatic heterocycles. The van der Waals surface area contributed by atoms with Gasteiger partial charge >= 0.3 is 7.12 Å². The lowest BCUT2D eigenvalue weighted by atomic mass is 9.85. The van der Waals surface area contributed by atoms with E-state index in [0.717, 1.165) is 16.5 Å². The van der Waals surface area contributed by atoms with Gasteiger partial charge in [-0.15, -0.1) is 0 Å². The van der Waals surface area contributed by atoms with Crippen LogP contribution in [0.1, 0.15) is 27.7 Å². The molecule has 1 N–H and O–H groups in total. The summed E-state index contributed by atoms with van der Waals surface area (Å²) in [6.45, 7) is 8.17. The van der Waals surface area contributed by atoms with Gasteiger partial charge < -0.3 is 23.8 Å². The third-order valence-electron chi connectivity index (χ3n) is 4.65. The minimum atomic E-state index is -0.408. The summed E-state index contributed by atoms with van der Waals surface area (Å²) in [4.78, 5) is 3.35. The van der Waals surface area contributed by atoms with Crippen molar-refractivity contribution in [2.75, 3.05) is 14.2 Å². The summed E-state index contributed by atoms with van der Waals surface area (Å²) in [6.07, 6.45) is 0. The predicted octanol–water partition coefficient (Wildman–Crippen LogP) is 2.48. The predicted molar refractivity (Wildman–Crippen MR) is 87.1 cm³/mol. The van der Waals surface area contributed by atoms with Gasteiger partial charge in [0.25, 0.3) is 0 Å². The van der Waals surface area contributed by atoms with Gasteiger partial charge in [-0.3, -0.25) is 0 Å². The molecule has 3 rings (SSSR count). The first-order valence-corrected chi connectivity index (χ1v) is 7.38. The van der Waals surface area contributed by atoms with Crippen LogP contribution in [-0.4, -0.2) is 37.5 Å². The van der Waals surface area contributed by atoms with Crippen LogP contribution in [0.3, 0.4) is 0 Å². The quantitative estimate of drug-likeness (QED) is 0.885. The molecule has 0 saturated carbocycles. The van der Waals surface area contributed by atoms with Crippen molar-refractivity contribution in [3.8, 4) is 11.5 Å². The van der Waals surface area contributed by atoms with Crippen LogP contribution in [0.4, 0.5) is 0 Å². The highest BCUT2D eigenvalue weighted by Crippen LogP contribution is 2.37. The normalized spacial score (nSPS) is 19.6. The van der Waals surface area contributed by atoms with E-state index >= 15 is 0 Å². The van der Waals surface area contributed by atoms with Crippen LogP contribution in [0.2, 0.25) is 0 Å². The largest absolute Gasteiger partial charge is 0.512 e. The molecule has 22 heavy (non-hydrogen) atoms. The number of ether oxygens (including phenoxy) is 2. The van der Waals surface area contributed by atoms with E-state index in [9.17, 15) is 0 Å². The number of aromatic amines is 1. The number of H-pyrrole nitrogens is 1. The Hall–Kier alpha value is -1.66. The number of fused-ring (bicyclic) bond motifs is 1. The van der Waals surface area contributed by atoms with Crippen LogP contribution < -0.4 is 15.1 Å². The molecule has 5 nitrogen and oxygen atoms in total. The van der Waals surface area contributed by atoms with Crippen molar-refractivity contribution in [1.82, 2.24) is 4.98 Å². The third kappa shape index (κ3) is 2.27. The highest BCUT2D eigenvalue weighted by Gasteiger charge is 2.52. The van der Waals surface area contributed by atoms with E-state index in [1.807, 2.05) is 45.9 Å². The lowest BCUT2D eigenvalue weighted by molar-refractivity contribution is 0.00578. The maximum atomic E-state index is 6.08. The van der Waals surface area contributed by atoms with Gasteiger partial charge in [-0.1, -0.05) is 0 Å². The van der Waals surface area contributed by atoms with Crippen molar-refractivity contribution >= 4 is 23.6 Å². The second-order valence-corrected chi connectivity index (χ2v) is 6.61. The van der Waals surface area contributed by atoms with Gasteiger partial charge in [0, 0.05) is 22.6 Å². The number of benzene rings is 1. The zero-order valence-corrected chi connectivity index (χ0v) is 13.9. The van der Waals surface area contributed by atoms with Crippen LogP contribution in [0.15, 0.2) is 18.2 Å². The molecule has 1 aromatic heterocycles. The SMILES string of the molecule is COc1cc2cc(B3OC(C)(C)C(C)(C)O3)[nH]c2cc1OC. The molecule has 0 unspecified atom stereocenters. The Morgan fingerprint density at radius 3 is 2.00 bits per heavy atom. The van der Waals surface area contributed by atoms with Gasteiger partial charge in [0.1, 0.15) is 0 Å². The number of aromatic nitrogens is 1. The summed E-state index contributed by atoms with van der Waals surface area (Å²) in [7, 11) is 2.85. The second kappa shape index (κ2) is 4.93. The highest BCUT2D eigenvalue weighted by molar-refractivity contribution is 6.61. The summed E-state index contributed by atoms with van der Waals surface area (Å²) in [5, 5.41) is 1.03. The molecule has 0 spiro atoms. The van der Waals surface area contributed by atoms with Crippen molar-refractivity contribution in [3.63, 3.8) is 0 Å². The van der Waals surface area contributed by atoms with Crippen molar-refractivity contribution in [2.45, 2.75) is 38.9 Å². The van der Waals surface area contributed by atoms with Gasteiger partial charge in [-0.2, -0.15) is 0 Å². The molecule has 1 aromatic carbocycles. The average Bonchev–Trinajstić information content (AvgIpc) is 2.95. The van der Waals surface area contributed by atoms with E-state index < -0.39 is 7.12 Å². The Bertz CT molecular complexity index is 650. The second-order valence-electron chi connectivity index (χ2n) is 6.61. The van der Waals surface area contributed by atoms with E-state index in [4.69, 9.17) is 18.8 Å². The summed E-state index contributed by atoms with van der Waals surface area (Å²) in [6, 6.07) is 5.89. The summed E-state index contributed by atoms with van der Waals surface area (Å²) in [5.41, 5.74) is 1.14. The molecule has 0 bridgehead atoms. The molecule has 0 atom stereocenters. The van der Waals surface area contributed by atoms with Gasteiger partial charge in [0.2, 0.25) is 0 Å². The molecular formula is C16H22BNO4. The molecule has 0 radical (unpaired) electrons. The number of methoxy groups -OCH3 is 2. The highest BCUT2D eigenvalue weighted by atomic mass is 16.7. The summed E-state index contributed by atoms with van der Waals surface area (Å²) < 4.78 is 22.8. The Morgan fingerprint density at radius 2 is 1.45 bits per heavy atom. The molecule has 0 aliphatic carbocycles. The van der Waals surface area contributed by atoms with E-state index in [1.54, 1.807) is 14.2 Å². The lowest BCUT2D eigenvalue weighted by Crippen LogP contribution is -2.41. The fourth-order valence-corrected chi connectivity index (χ4v) is 2.58. The number of rotatable bonds is 3. The fraction of sp³-hybridized carbons (Fsp3) is 0.500. The Balaban J connectivity index is 2.00. The Morgan fingerprint density at radius 1 is 0.909 bits per heavy atom. The monoisotopic (exact) mass is 303 g/mol. The summed E-state index contributed by atoms with van der Waals surface area (Å²) >= 11 is 0. The molecule has 1 aliphatic rings. The Labute approximate surface area is 131 Å². The molecule has 118 valence electrons. The van der Waals surface area contributed by atoms with Crippen LogP contribution >= 0.6 is 0 Å². The molecule has 0 amide bonds. The smallest absolute Gasteiger partial charge is 0.493 e. The maximum Gasteiger partial charge on any atom is 0.512 e.